The molecule has 0 aromatic carbocycles. The van der Waals surface area contributed by atoms with E-state index < -0.39 is 18.6 Å². The van der Waals surface area contributed by atoms with Gasteiger partial charge in [-0.1, -0.05) is 13.8 Å². The maximum atomic E-state index is 12.0. The van der Waals surface area contributed by atoms with E-state index in [2.05, 4.69) is 5.32 Å². The summed E-state index contributed by atoms with van der Waals surface area (Å²) in [6.07, 6.45) is -2.93. The standard InChI is InChI=1S/C12H22F3N3O2/c1-3-5-16-10(19)7-18(6-4-2)8-11(20)17-9-12(13,14)15/h3-9H2,1-2H3,(H,16,19)(H,17,20). The van der Waals surface area contributed by atoms with Gasteiger partial charge in [0.2, 0.25) is 11.8 Å². The maximum absolute atomic E-state index is 12.0. The third-order valence-corrected chi connectivity index (χ3v) is 2.33. The third kappa shape index (κ3) is 10.6. The number of rotatable bonds is 9. The van der Waals surface area contributed by atoms with Crippen LogP contribution in [-0.4, -0.2) is 55.6 Å². The molecule has 20 heavy (non-hydrogen) atoms. The summed E-state index contributed by atoms with van der Waals surface area (Å²) >= 11 is 0. The molecule has 2 amide bonds. The van der Waals surface area contributed by atoms with Gasteiger partial charge >= 0.3 is 6.18 Å². The molecule has 0 saturated carbocycles. The van der Waals surface area contributed by atoms with Gasteiger partial charge in [0.15, 0.2) is 0 Å². The second kappa shape index (κ2) is 9.57. The van der Waals surface area contributed by atoms with Crippen molar-refractivity contribution in [1.82, 2.24) is 15.5 Å². The molecular formula is C12H22F3N3O2. The minimum atomic E-state index is -4.43. The van der Waals surface area contributed by atoms with Crippen LogP contribution in [0, 0.1) is 0 Å². The second-order valence-corrected chi connectivity index (χ2v) is 4.45. The predicted molar refractivity (Wildman–Crippen MR) is 69.1 cm³/mol. The minimum Gasteiger partial charge on any atom is -0.355 e. The van der Waals surface area contributed by atoms with Crippen molar-refractivity contribution in [3.63, 3.8) is 0 Å². The number of hydrogen-bond donors (Lipinski definition) is 2. The molecule has 0 fully saturated rings. The summed E-state index contributed by atoms with van der Waals surface area (Å²) in [4.78, 5) is 24.4. The first-order valence-corrected chi connectivity index (χ1v) is 6.61. The Morgan fingerprint density at radius 1 is 1.00 bits per heavy atom. The molecular weight excluding hydrogens is 275 g/mol. The molecule has 0 bridgehead atoms. The van der Waals surface area contributed by atoms with Crippen LogP contribution >= 0.6 is 0 Å². The molecule has 0 spiro atoms. The highest BCUT2D eigenvalue weighted by molar-refractivity contribution is 5.81. The zero-order valence-corrected chi connectivity index (χ0v) is 11.8. The molecule has 0 aromatic heterocycles. The van der Waals surface area contributed by atoms with E-state index >= 15 is 0 Å². The summed E-state index contributed by atoms with van der Waals surface area (Å²) in [6, 6.07) is 0. The molecule has 0 heterocycles. The van der Waals surface area contributed by atoms with Crippen molar-refractivity contribution in [2.75, 3.05) is 32.7 Å². The fraction of sp³-hybridized carbons (Fsp3) is 0.833. The van der Waals surface area contributed by atoms with Crippen molar-refractivity contribution in [2.24, 2.45) is 0 Å². The average Bonchev–Trinajstić information content (AvgIpc) is 2.33. The van der Waals surface area contributed by atoms with E-state index in [1.807, 2.05) is 13.8 Å². The van der Waals surface area contributed by atoms with Crippen molar-refractivity contribution >= 4 is 11.8 Å². The van der Waals surface area contributed by atoms with Crippen LogP contribution in [0.3, 0.4) is 0 Å². The first-order valence-electron chi connectivity index (χ1n) is 6.61. The van der Waals surface area contributed by atoms with E-state index in [9.17, 15) is 22.8 Å². The Hall–Kier alpha value is -1.31. The van der Waals surface area contributed by atoms with Gasteiger partial charge in [0.05, 0.1) is 13.1 Å². The fourth-order valence-corrected chi connectivity index (χ4v) is 1.51. The summed E-state index contributed by atoms with van der Waals surface area (Å²) in [6.45, 7) is 3.22. The monoisotopic (exact) mass is 297 g/mol. The predicted octanol–water partition coefficient (Wildman–Crippen LogP) is 0.903. The lowest BCUT2D eigenvalue weighted by molar-refractivity contribution is -0.139. The molecule has 5 nitrogen and oxygen atoms in total. The summed E-state index contributed by atoms with van der Waals surface area (Å²) in [5.41, 5.74) is 0. The zero-order valence-electron chi connectivity index (χ0n) is 11.8. The number of carbonyl (C=O) groups excluding carboxylic acids is 2. The lowest BCUT2D eigenvalue weighted by Gasteiger charge is -2.20. The molecule has 0 radical (unpaired) electrons. The van der Waals surface area contributed by atoms with Crippen LogP contribution in [0.15, 0.2) is 0 Å². The highest BCUT2D eigenvalue weighted by Gasteiger charge is 2.28. The average molecular weight is 297 g/mol. The Labute approximate surface area is 116 Å². The van der Waals surface area contributed by atoms with Gasteiger partial charge in [0, 0.05) is 6.54 Å². The van der Waals surface area contributed by atoms with E-state index in [-0.39, 0.29) is 19.0 Å². The molecule has 8 heteroatoms. The summed E-state index contributed by atoms with van der Waals surface area (Å²) in [7, 11) is 0. The molecule has 0 aliphatic carbocycles. The Bertz CT molecular complexity index is 309. The highest BCUT2D eigenvalue weighted by atomic mass is 19.4. The van der Waals surface area contributed by atoms with E-state index in [1.54, 1.807) is 5.32 Å². The fourth-order valence-electron chi connectivity index (χ4n) is 1.51. The topological polar surface area (TPSA) is 61.4 Å². The lowest BCUT2D eigenvalue weighted by Crippen LogP contribution is -2.45. The van der Waals surface area contributed by atoms with Crippen molar-refractivity contribution in [1.29, 1.82) is 0 Å². The van der Waals surface area contributed by atoms with Gasteiger partial charge in [-0.3, -0.25) is 14.5 Å². The lowest BCUT2D eigenvalue weighted by atomic mass is 10.3. The van der Waals surface area contributed by atoms with Crippen LogP contribution in [0.2, 0.25) is 0 Å². The van der Waals surface area contributed by atoms with E-state index in [0.29, 0.717) is 19.5 Å². The van der Waals surface area contributed by atoms with Crippen LogP contribution in [0.4, 0.5) is 13.2 Å². The van der Waals surface area contributed by atoms with Crippen LogP contribution in [-0.2, 0) is 9.59 Å². The van der Waals surface area contributed by atoms with Gasteiger partial charge in [0.1, 0.15) is 6.54 Å². The van der Waals surface area contributed by atoms with Gasteiger partial charge in [-0.05, 0) is 19.4 Å². The van der Waals surface area contributed by atoms with Gasteiger partial charge in [-0.15, -0.1) is 0 Å². The molecule has 0 atom stereocenters. The quantitative estimate of drug-likeness (QED) is 0.665. The van der Waals surface area contributed by atoms with Crippen LogP contribution < -0.4 is 10.6 Å². The Morgan fingerprint density at radius 3 is 2.00 bits per heavy atom. The van der Waals surface area contributed by atoms with Crippen LogP contribution in [0.1, 0.15) is 26.7 Å². The summed E-state index contributed by atoms with van der Waals surface area (Å²) in [5.74, 6) is -0.969. The maximum Gasteiger partial charge on any atom is 0.405 e. The highest BCUT2D eigenvalue weighted by Crippen LogP contribution is 2.11. The first-order chi connectivity index (χ1) is 9.28. The number of alkyl halides is 3. The normalized spacial score (nSPS) is 11.5. The van der Waals surface area contributed by atoms with Crippen LogP contribution in [0.25, 0.3) is 0 Å². The number of amides is 2. The van der Waals surface area contributed by atoms with Gasteiger partial charge in [0.25, 0.3) is 0 Å². The minimum absolute atomic E-state index is 0.00722. The molecule has 0 rings (SSSR count). The second-order valence-electron chi connectivity index (χ2n) is 4.45. The number of halogens is 3. The first kappa shape index (κ1) is 18.7. The van der Waals surface area contributed by atoms with Crippen molar-refractivity contribution in [3.05, 3.63) is 0 Å². The molecule has 2 N–H and O–H groups in total. The molecule has 0 saturated heterocycles. The molecule has 0 unspecified atom stereocenters. The van der Waals surface area contributed by atoms with Gasteiger partial charge in [-0.25, -0.2) is 0 Å². The van der Waals surface area contributed by atoms with E-state index in [4.69, 9.17) is 0 Å². The van der Waals surface area contributed by atoms with Gasteiger partial charge < -0.3 is 10.6 Å². The third-order valence-electron chi connectivity index (χ3n) is 2.33. The zero-order chi connectivity index (χ0) is 15.6. The Morgan fingerprint density at radius 2 is 1.55 bits per heavy atom. The molecule has 118 valence electrons. The van der Waals surface area contributed by atoms with Crippen molar-refractivity contribution in [3.8, 4) is 0 Å². The molecule has 0 aliphatic heterocycles. The number of nitrogens with zero attached hydrogens (tertiary/aromatic N) is 1. The summed E-state index contributed by atoms with van der Waals surface area (Å²) in [5, 5.41) is 4.45. The SMILES string of the molecule is CCCNC(=O)CN(CCC)CC(=O)NCC(F)(F)F. The molecule has 0 aliphatic rings. The smallest absolute Gasteiger partial charge is 0.355 e. The number of nitrogens with one attached hydrogen (secondary N) is 2. The molecule has 0 aromatic rings. The Kier molecular flexibility index (Phi) is 8.94. The summed E-state index contributed by atoms with van der Waals surface area (Å²) < 4.78 is 35.9. The van der Waals surface area contributed by atoms with Crippen LogP contribution in [0.5, 0.6) is 0 Å². The largest absolute Gasteiger partial charge is 0.405 e. The number of hydrogen-bond acceptors (Lipinski definition) is 3. The van der Waals surface area contributed by atoms with Crippen molar-refractivity contribution < 1.29 is 22.8 Å². The Balaban J connectivity index is 4.18. The van der Waals surface area contributed by atoms with Crippen molar-refractivity contribution in [2.45, 2.75) is 32.9 Å². The van der Waals surface area contributed by atoms with E-state index in [0.717, 1.165) is 6.42 Å². The van der Waals surface area contributed by atoms with E-state index in [1.165, 1.54) is 4.90 Å². The van der Waals surface area contributed by atoms with Gasteiger partial charge in [-0.2, -0.15) is 13.2 Å². The number of carbonyl (C=O) groups is 2.